The van der Waals surface area contributed by atoms with Crippen LogP contribution in [0.5, 0.6) is 5.75 Å². The lowest BCUT2D eigenvalue weighted by atomic mass is 9.98. The number of aromatic hydroxyl groups is 1. The molecule has 0 fully saturated rings. The van der Waals surface area contributed by atoms with Crippen molar-refractivity contribution >= 4 is 23.0 Å². The van der Waals surface area contributed by atoms with Crippen molar-refractivity contribution in [3.63, 3.8) is 0 Å². The summed E-state index contributed by atoms with van der Waals surface area (Å²) in [6.45, 7) is 0. The number of pyridine rings is 2. The van der Waals surface area contributed by atoms with Gasteiger partial charge in [-0.15, -0.1) is 11.3 Å². The van der Waals surface area contributed by atoms with E-state index < -0.39 is 6.04 Å². The highest BCUT2D eigenvalue weighted by atomic mass is 32.1. The van der Waals surface area contributed by atoms with Gasteiger partial charge in [0.1, 0.15) is 5.75 Å². The van der Waals surface area contributed by atoms with Crippen LogP contribution in [0.2, 0.25) is 0 Å². The van der Waals surface area contributed by atoms with Crippen LogP contribution in [0.4, 0.5) is 0 Å². The molecule has 4 aromatic rings. The van der Waals surface area contributed by atoms with Gasteiger partial charge in [-0.2, -0.15) is 5.10 Å². The number of benzene rings is 1. The Kier molecular flexibility index (Phi) is 5.01. The van der Waals surface area contributed by atoms with E-state index in [1.165, 1.54) is 16.3 Å². The van der Waals surface area contributed by atoms with E-state index in [1.54, 1.807) is 36.9 Å². The number of nitrogens with zero attached hydrogens (tertiary/aromatic N) is 4. The normalized spacial score (nSPS) is 15.7. The average molecular weight is 427 g/mol. The predicted molar refractivity (Wildman–Crippen MR) is 120 cm³/mol. The second kappa shape index (κ2) is 8.12. The first-order valence-electron chi connectivity index (χ1n) is 9.80. The molecule has 7 heteroatoms. The number of thiophene rings is 1. The van der Waals surface area contributed by atoms with Crippen molar-refractivity contribution in [3.8, 4) is 16.2 Å². The number of hydrazone groups is 1. The number of phenolic OH excluding ortho intramolecular Hbond substituents is 1. The van der Waals surface area contributed by atoms with Gasteiger partial charge in [0.15, 0.2) is 0 Å². The minimum atomic E-state index is -0.393. The van der Waals surface area contributed by atoms with E-state index in [-0.39, 0.29) is 11.7 Å². The highest BCUT2D eigenvalue weighted by Crippen LogP contribution is 2.39. The van der Waals surface area contributed by atoms with Crippen molar-refractivity contribution in [2.45, 2.75) is 12.5 Å². The maximum absolute atomic E-state index is 13.5. The van der Waals surface area contributed by atoms with Gasteiger partial charge in [-0.3, -0.25) is 14.8 Å². The van der Waals surface area contributed by atoms with Crippen LogP contribution >= 0.6 is 11.3 Å². The monoisotopic (exact) mass is 426 g/mol. The first-order chi connectivity index (χ1) is 15.2. The van der Waals surface area contributed by atoms with Gasteiger partial charge < -0.3 is 5.11 Å². The zero-order valence-corrected chi connectivity index (χ0v) is 17.2. The summed E-state index contributed by atoms with van der Waals surface area (Å²) in [7, 11) is 0. The first kappa shape index (κ1) is 19.1. The summed E-state index contributed by atoms with van der Waals surface area (Å²) < 4.78 is 0. The Morgan fingerprint density at radius 3 is 2.55 bits per heavy atom. The largest absolute Gasteiger partial charge is 0.508 e. The first-order valence-corrected chi connectivity index (χ1v) is 10.6. The van der Waals surface area contributed by atoms with Crippen LogP contribution in [-0.4, -0.2) is 31.7 Å². The summed E-state index contributed by atoms with van der Waals surface area (Å²) in [5, 5.41) is 16.6. The van der Waals surface area contributed by atoms with E-state index in [0.29, 0.717) is 16.9 Å². The number of hydrogen-bond donors (Lipinski definition) is 1. The standard InChI is InChI=1S/C24H18N4O2S/c29-21-6-2-1-5-18(21)20-14-19(17-4-3-11-26-15-17)27-28(20)24(30)23-8-7-22(31-23)16-9-12-25-13-10-16/h1-13,15,20,29H,14H2. The summed E-state index contributed by atoms with van der Waals surface area (Å²) in [4.78, 5) is 23.3. The molecule has 31 heavy (non-hydrogen) atoms. The highest BCUT2D eigenvalue weighted by molar-refractivity contribution is 7.17. The molecule has 0 bridgehead atoms. The third kappa shape index (κ3) is 3.71. The van der Waals surface area contributed by atoms with Gasteiger partial charge in [0.25, 0.3) is 5.91 Å². The number of para-hydroxylation sites is 1. The number of aromatic nitrogens is 2. The Labute approximate surface area is 183 Å². The number of rotatable bonds is 4. The molecule has 4 heterocycles. The number of phenols is 1. The highest BCUT2D eigenvalue weighted by Gasteiger charge is 2.35. The maximum atomic E-state index is 13.5. The average Bonchev–Trinajstić information content (AvgIpc) is 3.48. The van der Waals surface area contributed by atoms with Gasteiger partial charge >= 0.3 is 0 Å². The van der Waals surface area contributed by atoms with Gasteiger partial charge in [0, 0.05) is 47.2 Å². The van der Waals surface area contributed by atoms with Crippen LogP contribution in [0.15, 0.2) is 90.6 Å². The third-order valence-corrected chi connectivity index (χ3v) is 6.31. The molecular formula is C24H18N4O2S. The molecular weight excluding hydrogens is 408 g/mol. The van der Waals surface area contributed by atoms with Crippen LogP contribution in [-0.2, 0) is 0 Å². The number of amides is 1. The molecule has 0 aliphatic carbocycles. The quantitative estimate of drug-likeness (QED) is 0.503. The number of hydrogen-bond acceptors (Lipinski definition) is 6. The van der Waals surface area contributed by atoms with Crippen molar-refractivity contribution in [1.82, 2.24) is 15.0 Å². The van der Waals surface area contributed by atoms with E-state index in [0.717, 1.165) is 21.7 Å². The second-order valence-electron chi connectivity index (χ2n) is 7.12. The smallest absolute Gasteiger partial charge is 0.284 e. The minimum absolute atomic E-state index is 0.150. The van der Waals surface area contributed by atoms with Gasteiger partial charge in [0.05, 0.1) is 16.6 Å². The van der Waals surface area contributed by atoms with Crippen LogP contribution in [0.3, 0.4) is 0 Å². The molecule has 1 aliphatic rings. The van der Waals surface area contributed by atoms with E-state index >= 15 is 0 Å². The molecule has 5 rings (SSSR count). The zero-order chi connectivity index (χ0) is 21.2. The van der Waals surface area contributed by atoms with Crippen LogP contribution < -0.4 is 0 Å². The SMILES string of the molecule is O=C(c1ccc(-c2ccncc2)s1)N1N=C(c2cccnc2)CC1c1ccccc1O. The van der Waals surface area contributed by atoms with Gasteiger partial charge in [-0.1, -0.05) is 24.3 Å². The molecule has 0 radical (unpaired) electrons. The molecule has 1 atom stereocenters. The number of carbonyl (C=O) groups is 1. The summed E-state index contributed by atoms with van der Waals surface area (Å²) in [6, 6.07) is 18.0. The summed E-state index contributed by atoms with van der Waals surface area (Å²) in [5.41, 5.74) is 3.31. The Morgan fingerprint density at radius 1 is 0.935 bits per heavy atom. The Morgan fingerprint density at radius 2 is 1.77 bits per heavy atom. The Bertz CT molecular complexity index is 1250. The topological polar surface area (TPSA) is 78.7 Å². The zero-order valence-electron chi connectivity index (χ0n) is 16.4. The number of carbonyl (C=O) groups excluding carboxylic acids is 1. The second-order valence-corrected chi connectivity index (χ2v) is 8.20. The van der Waals surface area contributed by atoms with E-state index in [2.05, 4.69) is 15.1 Å². The molecule has 0 spiro atoms. The van der Waals surface area contributed by atoms with Crippen molar-refractivity contribution in [3.05, 3.63) is 101 Å². The van der Waals surface area contributed by atoms with Gasteiger partial charge in [0.2, 0.25) is 0 Å². The minimum Gasteiger partial charge on any atom is -0.508 e. The van der Waals surface area contributed by atoms with Gasteiger partial charge in [-0.05, 0) is 42.0 Å². The molecule has 1 aliphatic heterocycles. The summed E-state index contributed by atoms with van der Waals surface area (Å²) in [6.07, 6.45) is 7.40. The lowest BCUT2D eigenvalue weighted by Gasteiger charge is -2.22. The van der Waals surface area contributed by atoms with Crippen LogP contribution in [0.1, 0.15) is 33.3 Å². The lowest BCUT2D eigenvalue weighted by molar-refractivity contribution is 0.0714. The predicted octanol–water partition coefficient (Wildman–Crippen LogP) is 4.90. The third-order valence-electron chi connectivity index (χ3n) is 5.19. The maximum Gasteiger partial charge on any atom is 0.284 e. The fourth-order valence-electron chi connectivity index (χ4n) is 3.65. The molecule has 152 valence electrons. The van der Waals surface area contributed by atoms with Crippen molar-refractivity contribution in [2.75, 3.05) is 0 Å². The summed E-state index contributed by atoms with van der Waals surface area (Å²) in [5.74, 6) is -0.0472. The van der Waals surface area contributed by atoms with Crippen LogP contribution in [0, 0.1) is 0 Å². The van der Waals surface area contributed by atoms with Crippen molar-refractivity contribution in [1.29, 1.82) is 0 Å². The van der Waals surface area contributed by atoms with E-state index in [9.17, 15) is 9.90 Å². The fourth-order valence-corrected chi connectivity index (χ4v) is 4.60. The Balaban J connectivity index is 1.52. The fraction of sp³-hybridized carbons (Fsp3) is 0.0833. The van der Waals surface area contributed by atoms with Crippen molar-refractivity contribution in [2.24, 2.45) is 5.10 Å². The molecule has 6 nitrogen and oxygen atoms in total. The van der Waals surface area contributed by atoms with E-state index in [4.69, 9.17) is 0 Å². The van der Waals surface area contributed by atoms with Gasteiger partial charge in [-0.25, -0.2) is 5.01 Å². The molecule has 0 saturated heterocycles. The lowest BCUT2D eigenvalue weighted by Crippen LogP contribution is -2.26. The van der Waals surface area contributed by atoms with Crippen LogP contribution in [0.25, 0.3) is 10.4 Å². The molecule has 1 N–H and O–H groups in total. The van der Waals surface area contributed by atoms with E-state index in [1.807, 2.05) is 48.5 Å². The Hall–Kier alpha value is -3.84. The summed E-state index contributed by atoms with van der Waals surface area (Å²) >= 11 is 1.42. The molecule has 0 saturated carbocycles. The molecule has 1 amide bonds. The molecule has 1 unspecified atom stereocenters. The molecule has 1 aromatic carbocycles. The van der Waals surface area contributed by atoms with Crippen molar-refractivity contribution < 1.29 is 9.90 Å². The molecule has 3 aromatic heterocycles.